The Kier molecular flexibility index (Phi) is 5.57. The lowest BCUT2D eigenvalue weighted by molar-refractivity contribution is -0.0325. The van der Waals surface area contributed by atoms with Crippen molar-refractivity contribution >= 4 is 0 Å². The molecule has 2 heterocycles. The third-order valence-corrected chi connectivity index (χ3v) is 5.33. The van der Waals surface area contributed by atoms with Crippen molar-refractivity contribution in [3.8, 4) is 5.75 Å². The number of benzene rings is 1. The van der Waals surface area contributed by atoms with E-state index in [0.717, 1.165) is 64.3 Å². The highest BCUT2D eigenvalue weighted by molar-refractivity contribution is 5.34. The summed E-state index contributed by atoms with van der Waals surface area (Å²) in [4.78, 5) is 2.40. The van der Waals surface area contributed by atoms with E-state index in [2.05, 4.69) is 30.1 Å². The second-order valence-electron chi connectivity index (χ2n) is 7.28. The Morgan fingerprint density at radius 1 is 1.22 bits per heavy atom. The van der Waals surface area contributed by atoms with Crippen molar-refractivity contribution < 1.29 is 14.6 Å². The normalized spacial score (nSPS) is 23.9. The van der Waals surface area contributed by atoms with Gasteiger partial charge in [-0.25, -0.2) is 0 Å². The summed E-state index contributed by atoms with van der Waals surface area (Å²) in [6.45, 7) is 4.62. The number of para-hydroxylation sites is 1. The van der Waals surface area contributed by atoms with E-state index in [4.69, 9.17) is 9.47 Å². The quantitative estimate of drug-likeness (QED) is 0.904. The molecule has 0 aliphatic carbocycles. The summed E-state index contributed by atoms with van der Waals surface area (Å²) in [5.41, 5.74) is 1.35. The molecular weight excluding hydrogens is 290 g/mol. The first-order valence-corrected chi connectivity index (χ1v) is 8.79. The Balaban J connectivity index is 1.58. The fourth-order valence-corrected chi connectivity index (χ4v) is 3.97. The smallest absolute Gasteiger partial charge is 0.122 e. The van der Waals surface area contributed by atoms with Crippen molar-refractivity contribution in [2.45, 2.75) is 25.7 Å². The predicted molar refractivity (Wildman–Crippen MR) is 90.8 cm³/mol. The molecule has 0 amide bonds. The first-order chi connectivity index (χ1) is 11.2. The highest BCUT2D eigenvalue weighted by Gasteiger charge is 2.33. The van der Waals surface area contributed by atoms with Crippen LogP contribution < -0.4 is 4.74 Å². The highest BCUT2D eigenvalue weighted by Crippen LogP contribution is 2.32. The molecule has 4 nitrogen and oxygen atoms in total. The third-order valence-electron chi connectivity index (χ3n) is 5.33. The maximum absolute atomic E-state index is 9.87. The molecule has 1 saturated heterocycles. The van der Waals surface area contributed by atoms with Crippen LogP contribution in [0.1, 0.15) is 24.8 Å². The number of ether oxygens (including phenoxy) is 2. The van der Waals surface area contributed by atoms with Crippen LogP contribution in [0, 0.1) is 11.3 Å². The fraction of sp³-hybridized carbons (Fsp3) is 0.684. The zero-order valence-corrected chi connectivity index (χ0v) is 14.2. The Labute approximate surface area is 139 Å². The first-order valence-electron chi connectivity index (χ1n) is 8.79. The summed E-state index contributed by atoms with van der Waals surface area (Å²) in [6, 6.07) is 8.39. The minimum atomic E-state index is 0.0200. The number of aliphatic hydroxyl groups is 1. The van der Waals surface area contributed by atoms with Gasteiger partial charge in [-0.1, -0.05) is 18.2 Å². The van der Waals surface area contributed by atoms with Gasteiger partial charge in [0.25, 0.3) is 0 Å². The molecule has 0 radical (unpaired) electrons. The number of hydrogen-bond donors (Lipinski definition) is 1. The minimum Gasteiger partial charge on any atom is -0.493 e. The molecule has 1 N–H and O–H groups in total. The molecule has 2 aliphatic rings. The van der Waals surface area contributed by atoms with E-state index in [9.17, 15) is 5.11 Å². The molecule has 1 aromatic carbocycles. The molecule has 4 heteroatoms. The van der Waals surface area contributed by atoms with Crippen molar-refractivity contribution in [3.63, 3.8) is 0 Å². The molecule has 0 bridgehead atoms. The van der Waals surface area contributed by atoms with Gasteiger partial charge in [-0.2, -0.15) is 0 Å². The van der Waals surface area contributed by atoms with Crippen LogP contribution in [0.5, 0.6) is 5.75 Å². The molecule has 1 fully saturated rings. The lowest BCUT2D eigenvalue weighted by Gasteiger charge is -2.39. The van der Waals surface area contributed by atoms with Gasteiger partial charge in [0.15, 0.2) is 0 Å². The Hall–Kier alpha value is -1.10. The molecule has 1 atom stereocenters. The van der Waals surface area contributed by atoms with E-state index in [1.807, 2.05) is 6.07 Å². The molecule has 0 saturated carbocycles. The van der Waals surface area contributed by atoms with E-state index < -0.39 is 0 Å². The maximum atomic E-state index is 9.87. The molecule has 0 spiro atoms. The van der Waals surface area contributed by atoms with Crippen molar-refractivity contribution in [1.82, 2.24) is 4.90 Å². The van der Waals surface area contributed by atoms with Gasteiger partial charge in [-0.05, 0) is 50.3 Å². The summed E-state index contributed by atoms with van der Waals surface area (Å²) >= 11 is 0. The van der Waals surface area contributed by atoms with Crippen LogP contribution in [0.3, 0.4) is 0 Å². The van der Waals surface area contributed by atoms with Crippen molar-refractivity contribution in [3.05, 3.63) is 29.8 Å². The molecule has 1 unspecified atom stereocenters. The van der Waals surface area contributed by atoms with E-state index >= 15 is 0 Å². The van der Waals surface area contributed by atoms with Gasteiger partial charge in [0, 0.05) is 31.7 Å². The van der Waals surface area contributed by atoms with Gasteiger partial charge >= 0.3 is 0 Å². The van der Waals surface area contributed by atoms with Crippen LogP contribution in [0.15, 0.2) is 24.3 Å². The third kappa shape index (κ3) is 4.25. The SMILES string of the molecule is CN(CC1CCOc2ccccc2C1)CC1(CO)CCOCC1. The molecule has 0 aromatic heterocycles. The van der Waals surface area contributed by atoms with Crippen LogP contribution in [0.4, 0.5) is 0 Å². The van der Waals surface area contributed by atoms with E-state index in [-0.39, 0.29) is 12.0 Å². The molecular formula is C19H29NO3. The molecule has 3 rings (SSSR count). The van der Waals surface area contributed by atoms with Crippen LogP contribution in [0.2, 0.25) is 0 Å². The van der Waals surface area contributed by atoms with Crippen LogP contribution in [-0.2, 0) is 11.2 Å². The number of rotatable bonds is 5. The molecule has 1 aromatic rings. The van der Waals surface area contributed by atoms with E-state index in [0.29, 0.717) is 5.92 Å². The monoisotopic (exact) mass is 319 g/mol. The van der Waals surface area contributed by atoms with Gasteiger partial charge in [0.05, 0.1) is 13.2 Å². The van der Waals surface area contributed by atoms with Gasteiger partial charge in [-0.15, -0.1) is 0 Å². The van der Waals surface area contributed by atoms with E-state index in [1.165, 1.54) is 5.56 Å². The number of aliphatic hydroxyl groups excluding tert-OH is 1. The van der Waals surface area contributed by atoms with Gasteiger partial charge in [-0.3, -0.25) is 0 Å². The van der Waals surface area contributed by atoms with Gasteiger partial charge in [0.2, 0.25) is 0 Å². The fourth-order valence-electron chi connectivity index (χ4n) is 3.97. The molecule has 23 heavy (non-hydrogen) atoms. The highest BCUT2D eigenvalue weighted by atomic mass is 16.5. The lowest BCUT2D eigenvalue weighted by atomic mass is 9.80. The Bertz CT molecular complexity index is 499. The Morgan fingerprint density at radius 3 is 2.78 bits per heavy atom. The lowest BCUT2D eigenvalue weighted by Crippen LogP contribution is -2.44. The van der Waals surface area contributed by atoms with E-state index in [1.54, 1.807) is 0 Å². The average molecular weight is 319 g/mol. The summed E-state index contributed by atoms with van der Waals surface area (Å²) in [5, 5.41) is 9.87. The zero-order valence-electron chi connectivity index (χ0n) is 14.2. The van der Waals surface area contributed by atoms with Crippen molar-refractivity contribution in [1.29, 1.82) is 0 Å². The minimum absolute atomic E-state index is 0.0200. The number of nitrogens with zero attached hydrogens (tertiary/aromatic N) is 1. The summed E-state index contributed by atoms with van der Waals surface area (Å²) in [5.74, 6) is 1.66. The topological polar surface area (TPSA) is 41.9 Å². The second-order valence-corrected chi connectivity index (χ2v) is 7.28. The summed E-state index contributed by atoms with van der Waals surface area (Å²) < 4.78 is 11.3. The predicted octanol–water partition coefficient (Wildman–Crippen LogP) is 2.35. The van der Waals surface area contributed by atoms with Crippen LogP contribution >= 0.6 is 0 Å². The Morgan fingerprint density at radius 2 is 2.00 bits per heavy atom. The summed E-state index contributed by atoms with van der Waals surface area (Å²) in [7, 11) is 2.19. The standard InChI is InChI=1S/C19H29NO3/c1-20(14-19(15-21)7-10-22-11-8-19)13-16-6-9-23-18-5-3-2-4-17(18)12-16/h2-5,16,21H,6-15H2,1H3. The van der Waals surface area contributed by atoms with Crippen LogP contribution in [0.25, 0.3) is 0 Å². The molecule has 2 aliphatic heterocycles. The number of fused-ring (bicyclic) bond motifs is 1. The van der Waals surface area contributed by atoms with Crippen molar-refractivity contribution in [2.24, 2.45) is 11.3 Å². The summed E-state index contributed by atoms with van der Waals surface area (Å²) in [6.07, 6.45) is 4.10. The first kappa shape index (κ1) is 16.7. The average Bonchev–Trinajstić information content (AvgIpc) is 2.77. The second kappa shape index (κ2) is 7.65. The molecule has 128 valence electrons. The number of hydrogen-bond acceptors (Lipinski definition) is 4. The largest absolute Gasteiger partial charge is 0.493 e. The van der Waals surface area contributed by atoms with Gasteiger partial charge in [0.1, 0.15) is 5.75 Å². The van der Waals surface area contributed by atoms with Crippen LogP contribution in [-0.4, -0.2) is 56.6 Å². The maximum Gasteiger partial charge on any atom is 0.122 e. The van der Waals surface area contributed by atoms with Gasteiger partial charge < -0.3 is 19.5 Å². The zero-order chi connectivity index (χ0) is 16.1. The van der Waals surface area contributed by atoms with Crippen molar-refractivity contribution in [2.75, 3.05) is 46.6 Å².